The number of aryl methyl sites for hydroxylation is 1. The molecule has 10 heteroatoms. The molecule has 1 rings (SSSR count). The number of aliphatic hydroxyl groups excluding tert-OH is 1. The van der Waals surface area contributed by atoms with Gasteiger partial charge in [-0.3, -0.25) is 4.79 Å². The molecule has 9 nitrogen and oxygen atoms in total. The van der Waals surface area contributed by atoms with Crippen molar-refractivity contribution in [1.82, 2.24) is 8.87 Å². The summed E-state index contributed by atoms with van der Waals surface area (Å²) in [7, 11) is -2.23. The van der Waals surface area contributed by atoms with Crippen molar-refractivity contribution in [3.8, 4) is 0 Å². The van der Waals surface area contributed by atoms with Crippen molar-refractivity contribution < 1.29 is 27.9 Å². The number of esters is 1. The van der Waals surface area contributed by atoms with Crippen molar-refractivity contribution in [3.05, 3.63) is 29.3 Å². The summed E-state index contributed by atoms with van der Waals surface area (Å²) in [6.45, 7) is 5.93. The van der Waals surface area contributed by atoms with Gasteiger partial charge in [0.25, 0.3) is 0 Å². The summed E-state index contributed by atoms with van der Waals surface area (Å²) in [6.07, 6.45) is 1.31. The van der Waals surface area contributed by atoms with Crippen LogP contribution in [-0.2, 0) is 26.6 Å². The number of allylic oxidation sites excluding steroid dienone is 1. The number of ether oxygens (including phenoxy) is 1. The van der Waals surface area contributed by atoms with E-state index in [1.165, 1.54) is 42.0 Å². The fraction of sp³-hybridized carbons (Fsp3) is 0.471. The molecule has 27 heavy (non-hydrogen) atoms. The van der Waals surface area contributed by atoms with E-state index in [4.69, 9.17) is 10.1 Å². The van der Waals surface area contributed by atoms with Crippen LogP contribution in [0.15, 0.2) is 28.5 Å². The lowest BCUT2D eigenvalue weighted by Gasteiger charge is -2.17. The van der Waals surface area contributed by atoms with Crippen LogP contribution < -0.4 is 0 Å². The first kappa shape index (κ1) is 22.6. The van der Waals surface area contributed by atoms with Gasteiger partial charge in [-0.15, -0.1) is 0 Å². The van der Waals surface area contributed by atoms with E-state index in [-0.39, 0.29) is 21.9 Å². The van der Waals surface area contributed by atoms with Gasteiger partial charge in [0.05, 0.1) is 5.57 Å². The highest BCUT2D eigenvalue weighted by Gasteiger charge is 2.26. The Morgan fingerprint density at radius 1 is 1.26 bits per heavy atom. The molecule has 2 N–H and O–H groups in total. The lowest BCUT2D eigenvalue weighted by molar-refractivity contribution is -0.113. The monoisotopic (exact) mass is 399 g/mol. The minimum absolute atomic E-state index is 0.0236. The Labute approximate surface area is 158 Å². The van der Waals surface area contributed by atoms with Gasteiger partial charge in [-0.1, -0.05) is 13.8 Å². The van der Waals surface area contributed by atoms with E-state index in [1.807, 2.05) is 0 Å². The zero-order valence-electron chi connectivity index (χ0n) is 16.1. The third-order valence-corrected chi connectivity index (χ3v) is 5.90. The number of aromatic nitrogens is 1. The Bertz CT molecular complexity index is 862. The van der Waals surface area contributed by atoms with Gasteiger partial charge >= 0.3 is 5.97 Å². The summed E-state index contributed by atoms with van der Waals surface area (Å²) in [5.74, 6) is -1.92. The van der Waals surface area contributed by atoms with Crippen molar-refractivity contribution in [1.29, 1.82) is 5.41 Å². The number of ketones is 1. The van der Waals surface area contributed by atoms with E-state index in [2.05, 4.69) is 0 Å². The number of hydrogen-bond acceptors (Lipinski definition) is 7. The summed E-state index contributed by atoms with van der Waals surface area (Å²) in [5, 5.41) is 17.4. The van der Waals surface area contributed by atoms with Crippen molar-refractivity contribution in [2.75, 3.05) is 19.7 Å². The zero-order chi connectivity index (χ0) is 20.9. The van der Waals surface area contributed by atoms with Crippen LogP contribution in [-0.4, -0.2) is 59.6 Å². The third-order valence-electron chi connectivity index (χ3n) is 3.89. The lowest BCUT2D eigenvalue weighted by atomic mass is 10.1. The number of aliphatic hydroxyl groups is 1. The second kappa shape index (κ2) is 8.96. The van der Waals surface area contributed by atoms with Gasteiger partial charge in [-0.2, -0.15) is 4.31 Å². The zero-order valence-corrected chi connectivity index (χ0v) is 16.9. The largest absolute Gasteiger partial charge is 0.508 e. The number of nitrogens with one attached hydrogen (secondary N) is 1. The van der Waals surface area contributed by atoms with Gasteiger partial charge in [0, 0.05) is 32.0 Å². The van der Waals surface area contributed by atoms with Gasteiger partial charge in [-0.05, 0) is 19.9 Å². The van der Waals surface area contributed by atoms with E-state index >= 15 is 0 Å². The number of carbonyl (C=O) groups excluding carboxylic acids is 2. The summed E-state index contributed by atoms with van der Waals surface area (Å²) < 4.78 is 32.6. The van der Waals surface area contributed by atoms with Crippen molar-refractivity contribution in [2.24, 2.45) is 7.05 Å². The molecule has 0 spiro atoms. The summed E-state index contributed by atoms with van der Waals surface area (Å²) in [5.41, 5.74) is -0.397. The lowest BCUT2D eigenvalue weighted by Crippen LogP contribution is -2.30. The molecule has 0 aliphatic rings. The number of sulfonamides is 1. The van der Waals surface area contributed by atoms with Crippen LogP contribution in [0.2, 0.25) is 0 Å². The van der Waals surface area contributed by atoms with E-state index < -0.39 is 34.1 Å². The first-order chi connectivity index (χ1) is 12.5. The second-order valence-corrected chi connectivity index (χ2v) is 7.78. The molecule has 1 aromatic heterocycles. The normalized spacial score (nSPS) is 12.7. The molecule has 0 radical (unpaired) electrons. The number of nitrogens with zero attached hydrogens (tertiary/aromatic N) is 2. The van der Waals surface area contributed by atoms with Crippen molar-refractivity contribution >= 4 is 27.5 Å². The quantitative estimate of drug-likeness (QED) is 0.281. The maximum absolute atomic E-state index is 12.5. The standard InChI is InChI=1S/C17H25N3O6S/c1-6-20(7-2)27(24,25)13-8-14(19(5)9-13)17(23)26-10-15(22)16(11(3)18)12(4)21/h8-9,18,22H,6-7,10H2,1-5H3/b16-15-,18-11?. The molecule has 0 aliphatic carbocycles. The van der Waals surface area contributed by atoms with Crippen LogP contribution in [0, 0.1) is 5.41 Å². The summed E-state index contributed by atoms with van der Waals surface area (Å²) in [6, 6.07) is 1.20. The SMILES string of the molecule is CCN(CC)S(=O)(=O)c1cc(C(=O)OC/C(O)=C(\C(C)=N)C(C)=O)n(C)c1. The van der Waals surface area contributed by atoms with Crippen molar-refractivity contribution in [2.45, 2.75) is 32.6 Å². The molecular formula is C17H25N3O6S. The molecule has 0 unspecified atom stereocenters. The van der Waals surface area contributed by atoms with Crippen LogP contribution in [0.25, 0.3) is 0 Å². The van der Waals surface area contributed by atoms with Gasteiger partial charge in [0.2, 0.25) is 10.0 Å². The Morgan fingerprint density at radius 3 is 2.26 bits per heavy atom. The topological polar surface area (TPSA) is 130 Å². The van der Waals surface area contributed by atoms with Crippen molar-refractivity contribution in [3.63, 3.8) is 0 Å². The second-order valence-electron chi connectivity index (χ2n) is 5.84. The van der Waals surface area contributed by atoms with Crippen LogP contribution in [0.1, 0.15) is 38.2 Å². The number of hydrogen-bond donors (Lipinski definition) is 2. The molecule has 150 valence electrons. The highest BCUT2D eigenvalue weighted by Crippen LogP contribution is 2.19. The molecule has 0 saturated heterocycles. The summed E-state index contributed by atoms with van der Waals surface area (Å²) >= 11 is 0. The number of Topliss-reactive ketones (excluding diaryl/α,β-unsaturated/α-hetero) is 1. The first-order valence-electron chi connectivity index (χ1n) is 8.29. The van der Waals surface area contributed by atoms with Crippen LogP contribution in [0.5, 0.6) is 0 Å². The molecule has 0 atom stereocenters. The molecule has 0 amide bonds. The van der Waals surface area contributed by atoms with E-state index in [9.17, 15) is 23.1 Å². The highest BCUT2D eigenvalue weighted by molar-refractivity contribution is 7.89. The Morgan fingerprint density at radius 2 is 1.81 bits per heavy atom. The maximum Gasteiger partial charge on any atom is 0.355 e. The fourth-order valence-electron chi connectivity index (χ4n) is 2.55. The van der Waals surface area contributed by atoms with Crippen LogP contribution in [0.4, 0.5) is 0 Å². The Balaban J connectivity index is 3.08. The van der Waals surface area contributed by atoms with E-state index in [1.54, 1.807) is 13.8 Å². The first-order valence-corrected chi connectivity index (χ1v) is 9.73. The Hall–Kier alpha value is -2.46. The van der Waals surface area contributed by atoms with Gasteiger partial charge in [-0.25, -0.2) is 13.2 Å². The molecule has 0 bridgehead atoms. The van der Waals surface area contributed by atoms with Gasteiger partial charge < -0.3 is 19.8 Å². The minimum atomic E-state index is -3.73. The summed E-state index contributed by atoms with van der Waals surface area (Å²) in [4.78, 5) is 23.7. The smallest absolute Gasteiger partial charge is 0.355 e. The number of rotatable bonds is 9. The molecule has 1 heterocycles. The van der Waals surface area contributed by atoms with Gasteiger partial charge in [0.1, 0.15) is 23.0 Å². The maximum atomic E-state index is 12.5. The molecule has 0 saturated carbocycles. The van der Waals surface area contributed by atoms with E-state index in [0.717, 1.165) is 0 Å². The number of carbonyl (C=O) groups is 2. The predicted octanol–water partition coefficient (Wildman–Crippen LogP) is 1.65. The fourth-order valence-corrected chi connectivity index (χ4v) is 4.08. The average Bonchev–Trinajstić information content (AvgIpc) is 2.95. The molecule has 0 aliphatic heterocycles. The molecule has 1 aromatic rings. The van der Waals surface area contributed by atoms with E-state index in [0.29, 0.717) is 13.1 Å². The molecular weight excluding hydrogens is 374 g/mol. The molecule has 0 aromatic carbocycles. The average molecular weight is 399 g/mol. The highest BCUT2D eigenvalue weighted by atomic mass is 32.2. The van der Waals surface area contributed by atoms with Crippen LogP contribution in [0.3, 0.4) is 0 Å². The predicted molar refractivity (Wildman–Crippen MR) is 99.5 cm³/mol. The molecule has 0 fully saturated rings. The van der Waals surface area contributed by atoms with Gasteiger partial charge in [0.15, 0.2) is 5.78 Å². The third kappa shape index (κ3) is 5.04. The minimum Gasteiger partial charge on any atom is -0.508 e. The van der Waals surface area contributed by atoms with Crippen LogP contribution >= 0.6 is 0 Å². The Kier molecular flexibility index (Phi) is 7.49.